The summed E-state index contributed by atoms with van der Waals surface area (Å²) in [6, 6.07) is 0. The number of rotatable bonds is 4. The largest absolute Gasteiger partial charge is 0.499 e. The summed E-state index contributed by atoms with van der Waals surface area (Å²) in [6.07, 6.45) is -0.306. The third kappa shape index (κ3) is 3.60. The third-order valence-electron chi connectivity index (χ3n) is 1.42. The van der Waals surface area contributed by atoms with Gasteiger partial charge in [-0.2, -0.15) is 0 Å². The van der Waals surface area contributed by atoms with Gasteiger partial charge in [-0.3, -0.25) is 4.68 Å². The Kier molecular flexibility index (Phi) is 3.33. The van der Waals surface area contributed by atoms with Gasteiger partial charge >= 0.3 is 12.9 Å². The SMILES string of the molecule is CCOC(=O)c1cn(C[B-](F)(F)F)nn1. The van der Waals surface area contributed by atoms with Gasteiger partial charge < -0.3 is 17.7 Å². The first-order valence-corrected chi connectivity index (χ1v) is 4.20. The normalized spacial score (nSPS) is 11.5. The maximum absolute atomic E-state index is 12.0. The van der Waals surface area contributed by atoms with Crippen molar-refractivity contribution in [1.29, 1.82) is 0 Å². The second kappa shape index (κ2) is 4.32. The smallest absolute Gasteiger partial charge is 0.461 e. The summed E-state index contributed by atoms with van der Waals surface area (Å²) in [6.45, 7) is -3.27. The van der Waals surface area contributed by atoms with Crippen molar-refractivity contribution in [3.63, 3.8) is 0 Å². The molecule has 0 radical (unpaired) electrons. The predicted molar refractivity (Wildman–Crippen MR) is 45.1 cm³/mol. The van der Waals surface area contributed by atoms with Gasteiger partial charge in [-0.05, 0) is 6.92 Å². The number of carbonyl (C=O) groups excluding carboxylic acids is 1. The molecule has 0 aliphatic heterocycles. The summed E-state index contributed by atoms with van der Waals surface area (Å²) in [4.78, 5) is 11.0. The molecule has 84 valence electrons. The molecule has 1 heterocycles. The first-order chi connectivity index (χ1) is 6.92. The Morgan fingerprint density at radius 1 is 1.60 bits per heavy atom. The zero-order valence-electron chi connectivity index (χ0n) is 7.86. The van der Waals surface area contributed by atoms with Crippen LogP contribution in [0, 0.1) is 0 Å². The van der Waals surface area contributed by atoms with Gasteiger partial charge in [0, 0.05) is 6.44 Å². The average Bonchev–Trinajstić information content (AvgIpc) is 2.50. The van der Waals surface area contributed by atoms with E-state index in [1.54, 1.807) is 6.92 Å². The minimum atomic E-state index is -4.99. The molecule has 0 unspecified atom stereocenters. The molecule has 5 nitrogen and oxygen atoms in total. The fourth-order valence-corrected chi connectivity index (χ4v) is 0.898. The van der Waals surface area contributed by atoms with Gasteiger partial charge in [-0.1, -0.05) is 5.21 Å². The van der Waals surface area contributed by atoms with Gasteiger partial charge in [0.15, 0.2) is 5.69 Å². The van der Waals surface area contributed by atoms with Crippen LogP contribution in [0.3, 0.4) is 0 Å². The molecule has 1 aromatic heterocycles. The van der Waals surface area contributed by atoms with Crippen molar-refractivity contribution in [2.24, 2.45) is 0 Å². The molecule has 15 heavy (non-hydrogen) atoms. The standard InChI is InChI=1S/C6H8BF3N3O2/c1-2-15-6(14)5-3-13(12-11-5)4-7(8,9)10/h3H,2,4H2,1H3/q-1. The van der Waals surface area contributed by atoms with E-state index in [0.29, 0.717) is 4.68 Å². The van der Waals surface area contributed by atoms with E-state index in [0.717, 1.165) is 6.20 Å². The van der Waals surface area contributed by atoms with Crippen molar-refractivity contribution in [2.45, 2.75) is 13.4 Å². The molecule has 0 fully saturated rings. The van der Waals surface area contributed by atoms with E-state index >= 15 is 0 Å². The highest BCUT2D eigenvalue weighted by atomic mass is 19.4. The molecule has 9 heteroatoms. The van der Waals surface area contributed by atoms with Crippen molar-refractivity contribution in [3.05, 3.63) is 11.9 Å². The van der Waals surface area contributed by atoms with Crippen LogP contribution >= 0.6 is 0 Å². The van der Waals surface area contributed by atoms with Gasteiger partial charge in [0.25, 0.3) is 0 Å². The molecular formula is C6H8BF3N3O2-. The van der Waals surface area contributed by atoms with E-state index < -0.39 is 19.4 Å². The average molecular weight is 222 g/mol. The number of nitrogens with zero attached hydrogens (tertiary/aromatic N) is 3. The zero-order chi connectivity index (χ0) is 11.5. The van der Waals surface area contributed by atoms with Crippen LogP contribution in [0.25, 0.3) is 0 Å². The maximum atomic E-state index is 12.0. The second-order valence-corrected chi connectivity index (χ2v) is 2.76. The summed E-state index contributed by atoms with van der Waals surface area (Å²) in [5.41, 5.74) is -0.225. The van der Waals surface area contributed by atoms with E-state index in [2.05, 4.69) is 15.0 Å². The molecule has 0 atom stereocenters. The van der Waals surface area contributed by atoms with Crippen molar-refractivity contribution in [2.75, 3.05) is 6.61 Å². The van der Waals surface area contributed by atoms with Crippen LogP contribution in [0.5, 0.6) is 0 Å². The monoisotopic (exact) mass is 222 g/mol. The molecule has 0 saturated carbocycles. The van der Waals surface area contributed by atoms with Crippen LogP contribution in [-0.2, 0) is 11.2 Å². The maximum Gasteiger partial charge on any atom is 0.499 e. The van der Waals surface area contributed by atoms with Gasteiger partial charge in [0.1, 0.15) is 0 Å². The third-order valence-corrected chi connectivity index (χ3v) is 1.42. The molecule has 0 bridgehead atoms. The van der Waals surface area contributed by atoms with Crippen LogP contribution in [0.1, 0.15) is 17.4 Å². The van der Waals surface area contributed by atoms with E-state index in [9.17, 15) is 17.7 Å². The van der Waals surface area contributed by atoms with Crippen LogP contribution < -0.4 is 0 Å². The Balaban J connectivity index is 2.68. The molecular weight excluding hydrogens is 214 g/mol. The highest BCUT2D eigenvalue weighted by molar-refractivity contribution is 6.57. The van der Waals surface area contributed by atoms with Crippen molar-refractivity contribution < 1.29 is 22.5 Å². The van der Waals surface area contributed by atoms with Crippen molar-refractivity contribution in [3.8, 4) is 0 Å². The number of hydrogen-bond donors (Lipinski definition) is 0. The molecule has 0 saturated heterocycles. The Labute approximate surface area is 83.3 Å². The lowest BCUT2D eigenvalue weighted by molar-refractivity contribution is 0.0519. The minimum Gasteiger partial charge on any atom is -0.461 e. The Morgan fingerprint density at radius 2 is 2.27 bits per heavy atom. The lowest BCUT2D eigenvalue weighted by Crippen LogP contribution is -2.24. The summed E-state index contributed by atoms with van der Waals surface area (Å²) in [7, 11) is 0. The van der Waals surface area contributed by atoms with E-state index in [1.807, 2.05) is 0 Å². The number of carbonyl (C=O) groups is 1. The lowest BCUT2D eigenvalue weighted by Gasteiger charge is -2.11. The zero-order valence-corrected chi connectivity index (χ0v) is 7.86. The molecule has 0 aromatic carbocycles. The lowest BCUT2D eigenvalue weighted by atomic mass is 9.93. The van der Waals surface area contributed by atoms with E-state index in [1.165, 1.54) is 0 Å². The van der Waals surface area contributed by atoms with Gasteiger partial charge in [-0.25, -0.2) is 4.79 Å². The molecule has 0 amide bonds. The summed E-state index contributed by atoms with van der Waals surface area (Å²) >= 11 is 0. The highest BCUT2D eigenvalue weighted by Crippen LogP contribution is 2.10. The van der Waals surface area contributed by atoms with Crippen molar-refractivity contribution >= 4 is 12.9 Å². The Bertz CT molecular complexity index is 352. The number of aromatic nitrogens is 3. The van der Waals surface area contributed by atoms with E-state index in [4.69, 9.17) is 0 Å². The summed E-state index contributed by atoms with van der Waals surface area (Å²) in [5.74, 6) is -0.779. The van der Waals surface area contributed by atoms with Crippen LogP contribution in [0.2, 0.25) is 0 Å². The number of ether oxygens (including phenoxy) is 1. The van der Waals surface area contributed by atoms with Gasteiger partial charge in [-0.15, -0.1) is 5.10 Å². The van der Waals surface area contributed by atoms with Crippen LogP contribution in [-0.4, -0.2) is 34.5 Å². The second-order valence-electron chi connectivity index (χ2n) is 2.76. The van der Waals surface area contributed by atoms with E-state index in [-0.39, 0.29) is 12.3 Å². The number of halogens is 3. The Morgan fingerprint density at radius 3 is 2.80 bits per heavy atom. The summed E-state index contributed by atoms with van der Waals surface area (Å²) in [5, 5.41) is 6.43. The highest BCUT2D eigenvalue weighted by Gasteiger charge is 2.25. The number of hydrogen-bond acceptors (Lipinski definition) is 4. The quantitative estimate of drug-likeness (QED) is 0.559. The predicted octanol–water partition coefficient (Wildman–Crippen LogP) is 0.841. The molecule has 0 spiro atoms. The fraction of sp³-hybridized carbons (Fsp3) is 0.500. The van der Waals surface area contributed by atoms with Gasteiger partial charge in [0.2, 0.25) is 0 Å². The molecule has 0 N–H and O–H groups in total. The molecule has 1 rings (SSSR count). The fourth-order valence-electron chi connectivity index (χ4n) is 0.898. The minimum absolute atomic E-state index is 0.134. The van der Waals surface area contributed by atoms with Crippen LogP contribution in [0.4, 0.5) is 12.9 Å². The number of esters is 1. The van der Waals surface area contributed by atoms with Crippen LogP contribution in [0.15, 0.2) is 6.20 Å². The Hall–Kier alpha value is -1.54. The first-order valence-electron chi connectivity index (χ1n) is 4.20. The molecule has 0 aliphatic carbocycles. The topological polar surface area (TPSA) is 57.0 Å². The van der Waals surface area contributed by atoms with Gasteiger partial charge in [0.05, 0.1) is 12.8 Å². The summed E-state index contributed by atoms with van der Waals surface area (Å²) < 4.78 is 41.0. The molecule has 0 aliphatic rings. The van der Waals surface area contributed by atoms with Crippen molar-refractivity contribution in [1.82, 2.24) is 15.0 Å². The first kappa shape index (κ1) is 11.5. The molecule has 1 aromatic rings.